The highest BCUT2D eigenvalue weighted by atomic mass is 127. The molecule has 0 spiro atoms. The minimum atomic E-state index is -0.0208. The van der Waals surface area contributed by atoms with E-state index in [2.05, 4.69) is 15.6 Å². The third-order valence-corrected chi connectivity index (χ3v) is 3.70. The van der Waals surface area contributed by atoms with Crippen molar-refractivity contribution in [3.05, 3.63) is 24.3 Å². The van der Waals surface area contributed by atoms with Gasteiger partial charge < -0.3 is 24.8 Å². The lowest BCUT2D eigenvalue weighted by Gasteiger charge is -2.19. The molecule has 136 valence electrons. The van der Waals surface area contributed by atoms with Gasteiger partial charge in [-0.1, -0.05) is 12.1 Å². The fourth-order valence-electron chi connectivity index (χ4n) is 2.45. The van der Waals surface area contributed by atoms with Crippen LogP contribution in [0.5, 0.6) is 11.5 Å². The molecule has 6 nitrogen and oxygen atoms in total. The predicted molar refractivity (Wildman–Crippen MR) is 107 cm³/mol. The number of ether oxygens (including phenoxy) is 3. The third-order valence-electron chi connectivity index (χ3n) is 3.70. The summed E-state index contributed by atoms with van der Waals surface area (Å²) in [5, 5.41) is 6.56. The van der Waals surface area contributed by atoms with Crippen LogP contribution >= 0.6 is 24.0 Å². The first kappa shape index (κ1) is 20.8. The minimum absolute atomic E-state index is 0. The Balaban J connectivity index is 0.00000288. The summed E-state index contributed by atoms with van der Waals surface area (Å²) < 4.78 is 16.8. The second-order valence-electron chi connectivity index (χ2n) is 5.55. The second-order valence-corrected chi connectivity index (χ2v) is 5.55. The Hall–Kier alpha value is -1.22. The fourth-order valence-corrected chi connectivity index (χ4v) is 2.45. The largest absolute Gasteiger partial charge is 0.493 e. The van der Waals surface area contributed by atoms with Crippen molar-refractivity contribution >= 4 is 29.9 Å². The Morgan fingerprint density at radius 2 is 2.08 bits per heavy atom. The van der Waals surface area contributed by atoms with Gasteiger partial charge in [-0.2, -0.15) is 0 Å². The van der Waals surface area contributed by atoms with Crippen LogP contribution in [0, 0.1) is 0 Å². The summed E-state index contributed by atoms with van der Waals surface area (Å²) in [6, 6.07) is 7.64. The van der Waals surface area contributed by atoms with E-state index in [-0.39, 0.29) is 36.2 Å². The molecule has 2 N–H and O–H groups in total. The molecule has 0 radical (unpaired) electrons. The molecule has 1 saturated heterocycles. The van der Waals surface area contributed by atoms with E-state index < -0.39 is 0 Å². The molecule has 0 aliphatic carbocycles. The topological polar surface area (TPSA) is 64.1 Å². The van der Waals surface area contributed by atoms with Crippen LogP contribution in [0.1, 0.15) is 19.8 Å². The lowest BCUT2D eigenvalue weighted by molar-refractivity contribution is 0.113. The Morgan fingerprint density at radius 3 is 2.71 bits per heavy atom. The van der Waals surface area contributed by atoms with Crippen molar-refractivity contribution in [2.45, 2.75) is 32.0 Å². The lowest BCUT2D eigenvalue weighted by atomic mass is 10.2. The smallest absolute Gasteiger partial charge is 0.191 e. The summed E-state index contributed by atoms with van der Waals surface area (Å²) in [4.78, 5) is 4.22. The molecular weight excluding hydrogens is 421 g/mol. The van der Waals surface area contributed by atoms with Crippen molar-refractivity contribution < 1.29 is 14.2 Å². The van der Waals surface area contributed by atoms with Crippen molar-refractivity contribution in [3.63, 3.8) is 0 Å². The first-order valence-electron chi connectivity index (χ1n) is 8.08. The predicted octanol–water partition coefficient (Wildman–Crippen LogP) is 2.42. The Morgan fingerprint density at radius 1 is 1.33 bits per heavy atom. The zero-order valence-electron chi connectivity index (χ0n) is 14.6. The van der Waals surface area contributed by atoms with Gasteiger partial charge in [-0.05, 0) is 31.9 Å². The number of nitrogens with zero attached hydrogens (tertiary/aromatic N) is 1. The first-order valence-corrected chi connectivity index (χ1v) is 8.08. The van der Waals surface area contributed by atoms with Crippen molar-refractivity contribution in [1.29, 1.82) is 0 Å². The molecule has 2 atom stereocenters. The summed E-state index contributed by atoms with van der Waals surface area (Å²) in [5.74, 6) is 2.24. The van der Waals surface area contributed by atoms with Crippen LogP contribution in [0.4, 0.5) is 0 Å². The molecule has 1 aliphatic rings. The molecular formula is C17H28IN3O3. The average molecular weight is 449 g/mol. The van der Waals surface area contributed by atoms with E-state index in [9.17, 15) is 0 Å². The van der Waals surface area contributed by atoms with Crippen LogP contribution in [0.25, 0.3) is 0 Å². The molecule has 7 heteroatoms. The minimum Gasteiger partial charge on any atom is -0.493 e. The Kier molecular flexibility index (Phi) is 9.85. The van der Waals surface area contributed by atoms with E-state index in [1.54, 1.807) is 14.2 Å². The molecule has 1 aliphatic heterocycles. The molecule has 1 heterocycles. The Bertz CT molecular complexity index is 508. The van der Waals surface area contributed by atoms with Gasteiger partial charge in [-0.3, -0.25) is 4.99 Å². The standard InChI is InChI=1S/C17H27N3O3.HI/c1-13(23-16-9-5-4-8-15(16)21-3)11-19-17(18-2)20-12-14-7-6-10-22-14;/h4-5,8-9,13-14H,6-7,10-12H2,1-3H3,(H2,18,19,20);1H. The maximum Gasteiger partial charge on any atom is 0.191 e. The number of methoxy groups -OCH3 is 1. The number of nitrogens with one attached hydrogen (secondary N) is 2. The van der Waals surface area contributed by atoms with E-state index in [1.807, 2.05) is 31.2 Å². The van der Waals surface area contributed by atoms with Crippen LogP contribution in [0.2, 0.25) is 0 Å². The number of hydrogen-bond donors (Lipinski definition) is 2. The number of para-hydroxylation sites is 2. The molecule has 1 aromatic carbocycles. The van der Waals surface area contributed by atoms with Gasteiger partial charge in [0, 0.05) is 20.2 Å². The molecule has 0 aromatic heterocycles. The van der Waals surface area contributed by atoms with Gasteiger partial charge in [-0.15, -0.1) is 24.0 Å². The van der Waals surface area contributed by atoms with Crippen molar-refractivity contribution in [1.82, 2.24) is 10.6 Å². The molecule has 0 bridgehead atoms. The molecule has 1 aromatic rings. The second kappa shape index (κ2) is 11.4. The zero-order valence-corrected chi connectivity index (χ0v) is 16.9. The van der Waals surface area contributed by atoms with E-state index in [1.165, 1.54) is 0 Å². The molecule has 0 saturated carbocycles. The number of hydrogen-bond acceptors (Lipinski definition) is 4. The van der Waals surface area contributed by atoms with Crippen molar-refractivity contribution in [3.8, 4) is 11.5 Å². The van der Waals surface area contributed by atoms with Gasteiger partial charge in [0.25, 0.3) is 0 Å². The normalized spacial score (nSPS) is 18.5. The fraction of sp³-hybridized carbons (Fsp3) is 0.588. The van der Waals surface area contributed by atoms with E-state index in [0.29, 0.717) is 6.54 Å². The summed E-state index contributed by atoms with van der Waals surface area (Å²) in [7, 11) is 3.40. The highest BCUT2D eigenvalue weighted by Crippen LogP contribution is 2.26. The molecule has 2 unspecified atom stereocenters. The molecule has 1 fully saturated rings. The summed E-state index contributed by atoms with van der Waals surface area (Å²) in [6.07, 6.45) is 2.52. The number of aliphatic imine (C=N–C) groups is 1. The Labute approximate surface area is 161 Å². The van der Waals surface area contributed by atoms with Crippen molar-refractivity contribution in [2.24, 2.45) is 4.99 Å². The average Bonchev–Trinajstić information content (AvgIpc) is 3.09. The van der Waals surface area contributed by atoms with Gasteiger partial charge in [-0.25, -0.2) is 0 Å². The van der Waals surface area contributed by atoms with Crippen LogP contribution in [0.3, 0.4) is 0 Å². The van der Waals surface area contributed by atoms with Gasteiger partial charge in [0.05, 0.1) is 19.8 Å². The van der Waals surface area contributed by atoms with E-state index >= 15 is 0 Å². The number of benzene rings is 1. The van der Waals surface area contributed by atoms with Crippen LogP contribution in [-0.2, 0) is 4.74 Å². The quantitative estimate of drug-likeness (QED) is 0.381. The summed E-state index contributed by atoms with van der Waals surface area (Å²) in [6.45, 7) is 4.29. The van der Waals surface area contributed by atoms with Gasteiger partial charge >= 0.3 is 0 Å². The highest BCUT2D eigenvalue weighted by molar-refractivity contribution is 14.0. The van der Waals surface area contributed by atoms with E-state index in [0.717, 1.165) is 43.5 Å². The van der Waals surface area contributed by atoms with Crippen LogP contribution in [-0.4, -0.2) is 52.0 Å². The summed E-state index contributed by atoms with van der Waals surface area (Å²) >= 11 is 0. The first-order chi connectivity index (χ1) is 11.2. The van der Waals surface area contributed by atoms with Gasteiger partial charge in [0.2, 0.25) is 0 Å². The lowest BCUT2D eigenvalue weighted by Crippen LogP contribution is -2.44. The summed E-state index contributed by atoms with van der Waals surface area (Å²) in [5.41, 5.74) is 0. The van der Waals surface area contributed by atoms with Gasteiger partial charge in [0.15, 0.2) is 17.5 Å². The molecule has 0 amide bonds. The van der Waals surface area contributed by atoms with Crippen LogP contribution in [0.15, 0.2) is 29.3 Å². The number of halogens is 1. The van der Waals surface area contributed by atoms with E-state index in [4.69, 9.17) is 14.2 Å². The molecule has 2 rings (SSSR count). The van der Waals surface area contributed by atoms with Crippen molar-refractivity contribution in [2.75, 3.05) is 33.9 Å². The van der Waals surface area contributed by atoms with Crippen LogP contribution < -0.4 is 20.1 Å². The highest BCUT2D eigenvalue weighted by Gasteiger charge is 2.16. The monoisotopic (exact) mass is 449 g/mol. The SMILES string of the molecule is CN=C(NCC(C)Oc1ccccc1OC)NCC1CCCO1.I. The number of rotatable bonds is 7. The zero-order chi connectivity index (χ0) is 16.5. The third kappa shape index (κ3) is 6.72. The maximum absolute atomic E-state index is 5.91. The van der Waals surface area contributed by atoms with Gasteiger partial charge in [0.1, 0.15) is 6.10 Å². The number of guanidine groups is 1. The maximum atomic E-state index is 5.91. The molecule has 24 heavy (non-hydrogen) atoms.